The lowest BCUT2D eigenvalue weighted by atomic mass is 10.1. The van der Waals surface area contributed by atoms with E-state index >= 15 is 0 Å². The lowest BCUT2D eigenvalue weighted by Crippen LogP contribution is -2.39. The standard InChI is InChI=1S/C18H16Cl2N2O2S2/c19-13-6-4-12(5-7-13)9-25-18-21-16-10-26(23,24)11-17(16)22(18)15-3-1-2-14(20)8-15/h1-8,16-17H,9-11H2/t16-,17-/m1/s1. The van der Waals surface area contributed by atoms with Gasteiger partial charge in [0.05, 0.1) is 23.6 Å². The molecular formula is C18H16Cl2N2O2S2. The number of sulfone groups is 1. The zero-order chi connectivity index (χ0) is 18.3. The molecule has 2 heterocycles. The SMILES string of the molecule is O=S1(=O)C[C@@H]2[C@@H](C1)N=C(SCc1ccc(Cl)cc1)N2c1cccc(Cl)c1. The predicted molar refractivity (Wildman–Crippen MR) is 110 cm³/mol. The molecule has 1 saturated heterocycles. The van der Waals surface area contributed by atoms with Crippen LogP contribution in [-0.2, 0) is 15.6 Å². The van der Waals surface area contributed by atoms with Gasteiger partial charge in [-0.15, -0.1) is 0 Å². The summed E-state index contributed by atoms with van der Waals surface area (Å²) in [4.78, 5) is 6.75. The van der Waals surface area contributed by atoms with Crippen molar-refractivity contribution in [3.8, 4) is 0 Å². The van der Waals surface area contributed by atoms with E-state index in [1.165, 1.54) is 0 Å². The molecule has 0 aliphatic carbocycles. The number of fused-ring (bicyclic) bond motifs is 1. The van der Waals surface area contributed by atoms with E-state index in [2.05, 4.69) is 0 Å². The zero-order valence-electron chi connectivity index (χ0n) is 13.7. The first-order chi connectivity index (χ1) is 12.4. The molecule has 2 atom stereocenters. The minimum atomic E-state index is -3.06. The van der Waals surface area contributed by atoms with Gasteiger partial charge in [-0.2, -0.15) is 0 Å². The van der Waals surface area contributed by atoms with E-state index in [0.29, 0.717) is 10.0 Å². The fourth-order valence-corrected chi connectivity index (χ4v) is 6.52. The summed E-state index contributed by atoms with van der Waals surface area (Å²) in [5, 5.41) is 2.17. The van der Waals surface area contributed by atoms with E-state index in [0.717, 1.165) is 22.2 Å². The van der Waals surface area contributed by atoms with E-state index in [1.54, 1.807) is 11.8 Å². The van der Waals surface area contributed by atoms with Crippen LogP contribution in [-0.4, -0.2) is 37.2 Å². The average Bonchev–Trinajstić information content (AvgIpc) is 3.05. The molecule has 4 rings (SSSR count). The minimum Gasteiger partial charge on any atom is -0.315 e. The number of thioether (sulfide) groups is 1. The molecule has 0 aromatic heterocycles. The second kappa shape index (κ2) is 7.08. The summed E-state index contributed by atoms with van der Waals surface area (Å²) in [5.41, 5.74) is 2.02. The molecule has 0 bridgehead atoms. The highest BCUT2D eigenvalue weighted by atomic mass is 35.5. The lowest BCUT2D eigenvalue weighted by Gasteiger charge is -2.26. The van der Waals surface area contributed by atoms with Crippen molar-refractivity contribution in [2.75, 3.05) is 16.4 Å². The fourth-order valence-electron chi connectivity index (χ4n) is 3.29. The molecule has 26 heavy (non-hydrogen) atoms. The van der Waals surface area contributed by atoms with Crippen LogP contribution >= 0.6 is 35.0 Å². The number of amidine groups is 1. The number of nitrogens with zero attached hydrogens (tertiary/aromatic N) is 2. The third-order valence-corrected chi connectivity index (χ3v) is 7.70. The van der Waals surface area contributed by atoms with Gasteiger partial charge in [-0.25, -0.2) is 8.42 Å². The lowest BCUT2D eigenvalue weighted by molar-refractivity contribution is 0.601. The fraction of sp³-hybridized carbons (Fsp3) is 0.278. The van der Waals surface area contributed by atoms with Gasteiger partial charge in [0.15, 0.2) is 15.0 Å². The molecular weight excluding hydrogens is 411 g/mol. The summed E-state index contributed by atoms with van der Waals surface area (Å²) in [5.74, 6) is 0.970. The van der Waals surface area contributed by atoms with Crippen LogP contribution in [0.1, 0.15) is 5.56 Å². The Morgan fingerprint density at radius 1 is 1.08 bits per heavy atom. The van der Waals surface area contributed by atoms with Gasteiger partial charge in [0, 0.05) is 21.5 Å². The van der Waals surface area contributed by atoms with Crippen molar-refractivity contribution in [3.63, 3.8) is 0 Å². The van der Waals surface area contributed by atoms with Gasteiger partial charge in [-0.3, -0.25) is 4.99 Å². The molecule has 0 N–H and O–H groups in total. The third-order valence-electron chi connectivity index (χ3n) is 4.48. The van der Waals surface area contributed by atoms with Crippen molar-refractivity contribution in [3.05, 3.63) is 64.1 Å². The van der Waals surface area contributed by atoms with Crippen molar-refractivity contribution in [2.45, 2.75) is 17.8 Å². The molecule has 0 amide bonds. The molecule has 136 valence electrons. The third kappa shape index (κ3) is 3.74. The van der Waals surface area contributed by atoms with Crippen molar-refractivity contribution in [2.24, 2.45) is 4.99 Å². The maximum atomic E-state index is 12.1. The monoisotopic (exact) mass is 426 g/mol. The molecule has 0 unspecified atom stereocenters. The average molecular weight is 427 g/mol. The van der Waals surface area contributed by atoms with Gasteiger partial charge in [0.2, 0.25) is 0 Å². The Morgan fingerprint density at radius 3 is 2.58 bits per heavy atom. The summed E-state index contributed by atoms with van der Waals surface area (Å²) < 4.78 is 24.1. The Morgan fingerprint density at radius 2 is 1.85 bits per heavy atom. The Labute approximate surface area is 167 Å². The van der Waals surface area contributed by atoms with Crippen molar-refractivity contribution >= 4 is 55.7 Å². The molecule has 8 heteroatoms. The number of halogens is 2. The van der Waals surface area contributed by atoms with Crippen LogP contribution in [0.15, 0.2) is 53.5 Å². The smallest absolute Gasteiger partial charge is 0.164 e. The van der Waals surface area contributed by atoms with Gasteiger partial charge in [-0.1, -0.05) is 53.2 Å². The first-order valence-electron chi connectivity index (χ1n) is 8.11. The van der Waals surface area contributed by atoms with Crippen LogP contribution < -0.4 is 4.90 Å². The maximum absolute atomic E-state index is 12.1. The van der Waals surface area contributed by atoms with Gasteiger partial charge in [-0.05, 0) is 35.9 Å². The van der Waals surface area contributed by atoms with Crippen LogP contribution in [0.25, 0.3) is 0 Å². The van der Waals surface area contributed by atoms with Crippen LogP contribution in [0.5, 0.6) is 0 Å². The minimum absolute atomic E-state index is 0.111. The Balaban J connectivity index is 1.61. The second-order valence-corrected chi connectivity index (χ2v) is 10.4. The van der Waals surface area contributed by atoms with Gasteiger partial charge in [0.25, 0.3) is 0 Å². The van der Waals surface area contributed by atoms with Crippen LogP contribution in [0, 0.1) is 0 Å². The first-order valence-corrected chi connectivity index (χ1v) is 11.7. The molecule has 2 aromatic carbocycles. The molecule has 2 aromatic rings. The van der Waals surface area contributed by atoms with E-state index in [1.807, 2.05) is 53.4 Å². The molecule has 2 aliphatic heterocycles. The topological polar surface area (TPSA) is 49.7 Å². The van der Waals surface area contributed by atoms with E-state index in [4.69, 9.17) is 28.2 Å². The number of hydrogen-bond donors (Lipinski definition) is 0. The molecule has 4 nitrogen and oxygen atoms in total. The van der Waals surface area contributed by atoms with Crippen molar-refractivity contribution in [1.82, 2.24) is 0 Å². The number of hydrogen-bond acceptors (Lipinski definition) is 5. The van der Waals surface area contributed by atoms with Gasteiger partial charge >= 0.3 is 0 Å². The van der Waals surface area contributed by atoms with E-state index in [-0.39, 0.29) is 23.6 Å². The zero-order valence-corrected chi connectivity index (χ0v) is 16.8. The molecule has 0 spiro atoms. The first kappa shape index (κ1) is 18.2. The largest absolute Gasteiger partial charge is 0.315 e. The molecule has 0 saturated carbocycles. The summed E-state index contributed by atoms with van der Waals surface area (Å²) in [6.07, 6.45) is 0. The Hall–Kier alpha value is -1.21. The quantitative estimate of drug-likeness (QED) is 0.734. The van der Waals surface area contributed by atoms with Gasteiger partial charge in [0.1, 0.15) is 0 Å². The van der Waals surface area contributed by atoms with Crippen LogP contribution in [0.2, 0.25) is 10.0 Å². The second-order valence-electron chi connectivity index (χ2n) is 6.39. The van der Waals surface area contributed by atoms with Crippen molar-refractivity contribution in [1.29, 1.82) is 0 Å². The summed E-state index contributed by atoms with van der Waals surface area (Å²) in [7, 11) is -3.06. The molecule has 0 radical (unpaired) electrons. The van der Waals surface area contributed by atoms with E-state index in [9.17, 15) is 8.42 Å². The highest BCUT2D eigenvalue weighted by Crippen LogP contribution is 2.36. The summed E-state index contributed by atoms with van der Waals surface area (Å²) >= 11 is 13.7. The van der Waals surface area contributed by atoms with Crippen LogP contribution in [0.3, 0.4) is 0 Å². The highest BCUT2D eigenvalue weighted by Gasteiger charge is 2.47. The maximum Gasteiger partial charge on any atom is 0.164 e. The Kier molecular flexibility index (Phi) is 4.94. The predicted octanol–water partition coefficient (Wildman–Crippen LogP) is 4.27. The summed E-state index contributed by atoms with van der Waals surface area (Å²) in [6, 6.07) is 14.8. The molecule has 2 aliphatic rings. The number of anilines is 1. The normalized spacial score (nSPS) is 23.8. The molecule has 1 fully saturated rings. The highest BCUT2D eigenvalue weighted by molar-refractivity contribution is 8.13. The van der Waals surface area contributed by atoms with Gasteiger partial charge < -0.3 is 4.90 Å². The summed E-state index contributed by atoms with van der Waals surface area (Å²) in [6.45, 7) is 0. The Bertz CT molecular complexity index is 961. The number of rotatable bonds is 3. The van der Waals surface area contributed by atoms with Crippen LogP contribution in [0.4, 0.5) is 5.69 Å². The number of benzene rings is 2. The van der Waals surface area contributed by atoms with E-state index < -0.39 is 9.84 Å². The number of aliphatic imine (C=N–C) groups is 1. The van der Waals surface area contributed by atoms with Crippen molar-refractivity contribution < 1.29 is 8.42 Å².